The molecule has 1 aromatic heterocycles. The number of nitrogens with zero attached hydrogens (tertiary/aromatic N) is 1. The Bertz CT molecular complexity index is 305. The third-order valence-electron chi connectivity index (χ3n) is 2.41. The summed E-state index contributed by atoms with van der Waals surface area (Å²) in [7, 11) is 0. The number of carbonyl (C=O) groups is 1. The lowest BCUT2D eigenvalue weighted by Gasteiger charge is -2.19. The van der Waals surface area contributed by atoms with Gasteiger partial charge in [0.15, 0.2) is 17.9 Å². The van der Waals surface area contributed by atoms with E-state index in [1.807, 2.05) is 11.8 Å². The summed E-state index contributed by atoms with van der Waals surface area (Å²) in [6, 6.07) is 0. The predicted molar refractivity (Wildman–Crippen MR) is 55.6 cm³/mol. The van der Waals surface area contributed by atoms with Gasteiger partial charge in [0.05, 0.1) is 6.20 Å². The van der Waals surface area contributed by atoms with E-state index in [1.54, 1.807) is 0 Å². The summed E-state index contributed by atoms with van der Waals surface area (Å²) in [5.41, 5.74) is 0. The number of aromatic nitrogens is 1. The minimum Gasteiger partial charge on any atom is -0.438 e. The molecule has 1 aliphatic rings. The minimum absolute atomic E-state index is 0.337. The van der Waals surface area contributed by atoms with Crippen LogP contribution in [0.3, 0.4) is 0 Å². The maximum Gasteiger partial charge on any atom is 0.195 e. The van der Waals surface area contributed by atoms with E-state index in [0.29, 0.717) is 23.9 Å². The van der Waals surface area contributed by atoms with Crippen molar-refractivity contribution in [3.8, 4) is 0 Å². The van der Waals surface area contributed by atoms with E-state index in [1.165, 1.54) is 30.5 Å². The first-order valence-corrected chi connectivity index (χ1v) is 6.01. The van der Waals surface area contributed by atoms with Crippen LogP contribution < -0.4 is 0 Å². The molecule has 0 aromatic carbocycles. The second-order valence-corrected chi connectivity index (χ2v) is 4.71. The molecule has 3 nitrogen and oxygen atoms in total. The minimum atomic E-state index is 0.337. The Kier molecular flexibility index (Phi) is 3.24. The zero-order valence-corrected chi connectivity index (χ0v) is 8.76. The van der Waals surface area contributed by atoms with E-state index in [9.17, 15) is 4.79 Å². The zero-order chi connectivity index (χ0) is 9.80. The Labute approximate surface area is 87.3 Å². The zero-order valence-electron chi connectivity index (χ0n) is 7.94. The van der Waals surface area contributed by atoms with Gasteiger partial charge in [0.1, 0.15) is 0 Å². The van der Waals surface area contributed by atoms with E-state index in [2.05, 4.69) is 4.98 Å². The summed E-state index contributed by atoms with van der Waals surface area (Å²) < 4.78 is 5.25. The van der Waals surface area contributed by atoms with Crippen LogP contribution in [0.4, 0.5) is 0 Å². The predicted octanol–water partition coefficient (Wildman–Crippen LogP) is 2.17. The number of hydrogen-bond acceptors (Lipinski definition) is 4. The van der Waals surface area contributed by atoms with Crippen LogP contribution in [-0.2, 0) is 6.42 Å². The van der Waals surface area contributed by atoms with E-state index in [4.69, 9.17) is 4.42 Å². The molecule has 0 aliphatic carbocycles. The Morgan fingerprint density at radius 3 is 3.29 bits per heavy atom. The van der Waals surface area contributed by atoms with Gasteiger partial charge in [-0.3, -0.25) is 4.79 Å². The topological polar surface area (TPSA) is 43.1 Å². The van der Waals surface area contributed by atoms with Crippen LogP contribution in [0.15, 0.2) is 10.6 Å². The molecule has 4 heteroatoms. The molecule has 0 saturated carbocycles. The molecule has 76 valence electrons. The van der Waals surface area contributed by atoms with Gasteiger partial charge in [-0.2, -0.15) is 11.8 Å². The summed E-state index contributed by atoms with van der Waals surface area (Å²) >= 11 is 2.00. The second-order valence-electron chi connectivity index (χ2n) is 3.56. The van der Waals surface area contributed by atoms with Gasteiger partial charge < -0.3 is 4.42 Å². The molecule has 0 bridgehead atoms. The lowest BCUT2D eigenvalue weighted by molar-refractivity contribution is 0.109. The Hall–Kier alpha value is -0.770. The van der Waals surface area contributed by atoms with Crippen molar-refractivity contribution < 1.29 is 9.21 Å². The molecular formula is C10H13NO2S. The fourth-order valence-corrected chi connectivity index (χ4v) is 2.84. The van der Waals surface area contributed by atoms with Gasteiger partial charge in [0, 0.05) is 6.42 Å². The fraction of sp³-hybridized carbons (Fsp3) is 0.600. The van der Waals surface area contributed by atoms with Crippen LogP contribution in [0.2, 0.25) is 0 Å². The largest absolute Gasteiger partial charge is 0.438 e. The van der Waals surface area contributed by atoms with Gasteiger partial charge in [0.2, 0.25) is 0 Å². The molecule has 1 saturated heterocycles. The smallest absolute Gasteiger partial charge is 0.195 e. The van der Waals surface area contributed by atoms with Crippen LogP contribution in [0, 0.1) is 5.92 Å². The molecule has 0 spiro atoms. The maximum atomic E-state index is 10.4. The lowest BCUT2D eigenvalue weighted by atomic mass is 10.0. The van der Waals surface area contributed by atoms with Crippen molar-refractivity contribution in [3.05, 3.63) is 17.8 Å². The van der Waals surface area contributed by atoms with Gasteiger partial charge in [0.25, 0.3) is 0 Å². The van der Waals surface area contributed by atoms with Gasteiger partial charge in [-0.05, 0) is 30.3 Å². The van der Waals surface area contributed by atoms with E-state index < -0.39 is 0 Å². The van der Waals surface area contributed by atoms with Crippen molar-refractivity contribution in [1.29, 1.82) is 0 Å². The first-order valence-electron chi connectivity index (χ1n) is 4.86. The highest BCUT2D eigenvalue weighted by molar-refractivity contribution is 7.99. The highest BCUT2D eigenvalue weighted by atomic mass is 32.2. The average molecular weight is 211 g/mol. The highest BCUT2D eigenvalue weighted by Crippen LogP contribution is 2.25. The molecule has 1 aliphatic heterocycles. The highest BCUT2D eigenvalue weighted by Gasteiger charge is 2.16. The number of carbonyl (C=O) groups excluding carboxylic acids is 1. The molecule has 0 N–H and O–H groups in total. The number of rotatable bonds is 3. The fourth-order valence-electron chi connectivity index (χ4n) is 1.69. The average Bonchev–Trinajstić information content (AvgIpc) is 2.67. The summed E-state index contributed by atoms with van der Waals surface area (Å²) in [5, 5.41) is 0. The van der Waals surface area contributed by atoms with Gasteiger partial charge in [-0.15, -0.1) is 0 Å². The van der Waals surface area contributed by atoms with Crippen LogP contribution in [0.25, 0.3) is 0 Å². The number of oxazole rings is 1. The standard InChI is InChI=1S/C10H13NO2S/c12-6-9-5-11-10(13-9)4-8-2-1-3-14-7-8/h5-6,8H,1-4,7H2. The Morgan fingerprint density at radius 1 is 1.71 bits per heavy atom. The van der Waals surface area contributed by atoms with Gasteiger partial charge >= 0.3 is 0 Å². The van der Waals surface area contributed by atoms with Gasteiger partial charge in [-0.25, -0.2) is 4.98 Å². The molecular weight excluding hydrogens is 198 g/mol. The lowest BCUT2D eigenvalue weighted by Crippen LogP contribution is -2.13. The summed E-state index contributed by atoms with van der Waals surface area (Å²) in [6.45, 7) is 0. The number of thioether (sulfide) groups is 1. The monoisotopic (exact) mass is 211 g/mol. The van der Waals surface area contributed by atoms with Crippen molar-refractivity contribution >= 4 is 18.0 Å². The molecule has 1 atom stereocenters. The van der Waals surface area contributed by atoms with E-state index in [0.717, 1.165) is 6.42 Å². The molecule has 1 fully saturated rings. The van der Waals surface area contributed by atoms with Crippen molar-refractivity contribution in [2.24, 2.45) is 5.92 Å². The third kappa shape index (κ3) is 2.38. The van der Waals surface area contributed by atoms with Gasteiger partial charge in [-0.1, -0.05) is 0 Å². The summed E-state index contributed by atoms with van der Waals surface area (Å²) in [6.07, 6.45) is 5.62. The van der Waals surface area contributed by atoms with Crippen LogP contribution in [-0.4, -0.2) is 22.8 Å². The molecule has 2 heterocycles. The van der Waals surface area contributed by atoms with Crippen molar-refractivity contribution in [2.75, 3.05) is 11.5 Å². The van der Waals surface area contributed by atoms with Crippen molar-refractivity contribution in [2.45, 2.75) is 19.3 Å². The van der Waals surface area contributed by atoms with Crippen LogP contribution in [0.5, 0.6) is 0 Å². The number of hydrogen-bond donors (Lipinski definition) is 0. The summed E-state index contributed by atoms with van der Waals surface area (Å²) in [4.78, 5) is 14.4. The van der Waals surface area contributed by atoms with Crippen LogP contribution >= 0.6 is 11.8 Å². The summed E-state index contributed by atoms with van der Waals surface area (Å²) in [5.74, 6) is 4.19. The Balaban J connectivity index is 1.92. The first kappa shape index (κ1) is 9.77. The normalized spacial score (nSPS) is 22.1. The SMILES string of the molecule is O=Cc1cnc(CC2CCCSC2)o1. The molecule has 1 unspecified atom stereocenters. The van der Waals surface area contributed by atoms with Crippen LogP contribution in [0.1, 0.15) is 29.3 Å². The molecule has 1 aromatic rings. The second kappa shape index (κ2) is 4.64. The van der Waals surface area contributed by atoms with Crippen molar-refractivity contribution in [1.82, 2.24) is 4.98 Å². The third-order valence-corrected chi connectivity index (χ3v) is 3.69. The van der Waals surface area contributed by atoms with Crippen molar-refractivity contribution in [3.63, 3.8) is 0 Å². The molecule has 0 amide bonds. The van der Waals surface area contributed by atoms with E-state index in [-0.39, 0.29) is 0 Å². The molecule has 14 heavy (non-hydrogen) atoms. The quantitative estimate of drug-likeness (QED) is 0.719. The van der Waals surface area contributed by atoms with E-state index >= 15 is 0 Å². The molecule has 0 radical (unpaired) electrons. The molecule has 2 rings (SSSR count). The number of aldehydes is 1. The first-order chi connectivity index (χ1) is 6.88. The Morgan fingerprint density at radius 2 is 2.64 bits per heavy atom. The maximum absolute atomic E-state index is 10.4.